The third kappa shape index (κ3) is 4.05. The van der Waals surface area contributed by atoms with Crippen LogP contribution in [-0.4, -0.2) is 24.6 Å². The largest absolute Gasteiger partial charge is 0.346 e. The quantitative estimate of drug-likeness (QED) is 0.748. The van der Waals surface area contributed by atoms with Gasteiger partial charge >= 0.3 is 0 Å². The first-order chi connectivity index (χ1) is 8.72. The molecule has 0 amide bonds. The van der Waals surface area contributed by atoms with Crippen LogP contribution in [0.1, 0.15) is 38.8 Å². The van der Waals surface area contributed by atoms with E-state index in [4.69, 9.17) is 6.42 Å². The monoisotopic (exact) mass is 245 g/mol. The average Bonchev–Trinajstić information content (AvgIpc) is 2.42. The lowest BCUT2D eigenvalue weighted by molar-refractivity contribution is 0.570. The van der Waals surface area contributed by atoms with Gasteiger partial charge in [-0.3, -0.25) is 0 Å². The van der Waals surface area contributed by atoms with E-state index in [1.54, 1.807) is 0 Å². The van der Waals surface area contributed by atoms with E-state index in [9.17, 15) is 0 Å². The summed E-state index contributed by atoms with van der Waals surface area (Å²) in [6.07, 6.45) is 8.37. The molecule has 1 rings (SSSR count). The van der Waals surface area contributed by atoms with Gasteiger partial charge in [-0.25, -0.2) is 4.98 Å². The zero-order valence-electron chi connectivity index (χ0n) is 11.6. The first-order valence-corrected chi connectivity index (χ1v) is 6.60. The van der Waals surface area contributed by atoms with Crippen LogP contribution in [0.3, 0.4) is 0 Å². The summed E-state index contributed by atoms with van der Waals surface area (Å²) in [5.74, 6) is 3.63. The summed E-state index contributed by atoms with van der Waals surface area (Å²) >= 11 is 0. The van der Waals surface area contributed by atoms with Gasteiger partial charge < -0.3 is 10.2 Å². The minimum atomic E-state index is 0.344. The number of rotatable bonds is 7. The van der Waals surface area contributed by atoms with Crippen LogP contribution in [-0.2, 0) is 0 Å². The summed E-state index contributed by atoms with van der Waals surface area (Å²) in [5.41, 5.74) is 1.25. The van der Waals surface area contributed by atoms with Gasteiger partial charge in [-0.05, 0) is 44.5 Å². The maximum absolute atomic E-state index is 5.37. The van der Waals surface area contributed by atoms with Crippen molar-refractivity contribution in [3.05, 3.63) is 23.9 Å². The molecule has 1 heterocycles. The molecule has 0 bridgehead atoms. The van der Waals surface area contributed by atoms with Crippen molar-refractivity contribution in [3.63, 3.8) is 0 Å². The molecule has 0 spiro atoms. The van der Waals surface area contributed by atoms with Gasteiger partial charge in [-0.15, -0.1) is 6.42 Å². The molecule has 0 radical (unpaired) electrons. The van der Waals surface area contributed by atoms with Crippen LogP contribution in [0.5, 0.6) is 0 Å². The Hall–Kier alpha value is -1.53. The fourth-order valence-electron chi connectivity index (χ4n) is 1.82. The smallest absolute Gasteiger partial charge is 0.129 e. The molecule has 18 heavy (non-hydrogen) atoms. The Morgan fingerprint density at radius 1 is 1.50 bits per heavy atom. The van der Waals surface area contributed by atoms with Crippen LogP contribution in [0.25, 0.3) is 0 Å². The predicted octanol–water partition coefficient (Wildman–Crippen LogP) is 2.60. The fourth-order valence-corrected chi connectivity index (χ4v) is 1.82. The SMILES string of the molecule is C#CCN(CC)c1cc(C(C)NCCC)ccn1. The number of anilines is 1. The molecule has 1 aromatic heterocycles. The number of terminal acetylenes is 1. The molecule has 1 N–H and O–H groups in total. The maximum atomic E-state index is 5.37. The second kappa shape index (κ2) is 7.73. The van der Waals surface area contributed by atoms with Crippen molar-refractivity contribution in [3.8, 4) is 12.3 Å². The third-order valence-electron chi connectivity index (χ3n) is 2.96. The number of nitrogens with one attached hydrogen (secondary N) is 1. The Bertz CT molecular complexity index is 395. The zero-order valence-corrected chi connectivity index (χ0v) is 11.6. The summed E-state index contributed by atoms with van der Waals surface area (Å²) in [5, 5.41) is 3.48. The van der Waals surface area contributed by atoms with Gasteiger partial charge in [0, 0.05) is 18.8 Å². The van der Waals surface area contributed by atoms with Crippen LogP contribution < -0.4 is 10.2 Å². The van der Waals surface area contributed by atoms with E-state index in [0.717, 1.165) is 25.3 Å². The van der Waals surface area contributed by atoms with Crippen LogP contribution >= 0.6 is 0 Å². The van der Waals surface area contributed by atoms with E-state index in [1.165, 1.54) is 5.56 Å². The van der Waals surface area contributed by atoms with Crippen molar-refractivity contribution >= 4 is 5.82 Å². The van der Waals surface area contributed by atoms with E-state index in [-0.39, 0.29) is 0 Å². The normalized spacial score (nSPS) is 11.9. The van der Waals surface area contributed by atoms with E-state index in [0.29, 0.717) is 12.6 Å². The number of nitrogens with zero attached hydrogens (tertiary/aromatic N) is 2. The van der Waals surface area contributed by atoms with Gasteiger partial charge in [0.15, 0.2) is 0 Å². The van der Waals surface area contributed by atoms with Crippen molar-refractivity contribution in [2.75, 3.05) is 24.5 Å². The summed E-state index contributed by atoms with van der Waals surface area (Å²) in [7, 11) is 0. The molecule has 0 aliphatic heterocycles. The lowest BCUT2D eigenvalue weighted by Crippen LogP contribution is -2.25. The molecule has 0 aromatic carbocycles. The van der Waals surface area contributed by atoms with Crippen molar-refractivity contribution in [2.24, 2.45) is 0 Å². The Kier molecular flexibility index (Phi) is 6.24. The summed E-state index contributed by atoms with van der Waals surface area (Å²) in [6.45, 7) is 8.93. The second-order valence-corrected chi connectivity index (χ2v) is 4.34. The zero-order chi connectivity index (χ0) is 13.4. The minimum Gasteiger partial charge on any atom is -0.346 e. The molecule has 0 saturated carbocycles. The van der Waals surface area contributed by atoms with Gasteiger partial charge in [0.05, 0.1) is 6.54 Å². The molecule has 3 heteroatoms. The highest BCUT2D eigenvalue weighted by Crippen LogP contribution is 2.17. The number of pyridine rings is 1. The lowest BCUT2D eigenvalue weighted by Gasteiger charge is -2.21. The van der Waals surface area contributed by atoms with Crippen molar-refractivity contribution in [1.82, 2.24) is 10.3 Å². The lowest BCUT2D eigenvalue weighted by atomic mass is 10.1. The van der Waals surface area contributed by atoms with Crippen LogP contribution in [0, 0.1) is 12.3 Å². The fraction of sp³-hybridized carbons (Fsp3) is 0.533. The third-order valence-corrected chi connectivity index (χ3v) is 2.96. The van der Waals surface area contributed by atoms with Crippen molar-refractivity contribution in [1.29, 1.82) is 0 Å². The van der Waals surface area contributed by atoms with E-state index < -0.39 is 0 Å². The molecule has 3 nitrogen and oxygen atoms in total. The number of hydrogen-bond donors (Lipinski definition) is 1. The molecule has 98 valence electrons. The van der Waals surface area contributed by atoms with E-state index in [2.05, 4.69) is 54.0 Å². The molecule has 1 atom stereocenters. The first kappa shape index (κ1) is 14.5. The van der Waals surface area contributed by atoms with Gasteiger partial charge in [0.25, 0.3) is 0 Å². The minimum absolute atomic E-state index is 0.344. The molecule has 0 saturated heterocycles. The highest BCUT2D eigenvalue weighted by atomic mass is 15.2. The standard InChI is InChI=1S/C15H23N3/c1-5-9-16-13(4)14-8-10-17-15(12-14)18(7-3)11-6-2/h2,8,10,12-13,16H,5,7,9,11H2,1,3-4H3. The van der Waals surface area contributed by atoms with Crippen LogP contribution in [0.2, 0.25) is 0 Å². The number of aromatic nitrogens is 1. The average molecular weight is 245 g/mol. The topological polar surface area (TPSA) is 28.2 Å². The Morgan fingerprint density at radius 2 is 2.28 bits per heavy atom. The highest BCUT2D eigenvalue weighted by Gasteiger charge is 2.08. The Balaban J connectivity index is 2.81. The first-order valence-electron chi connectivity index (χ1n) is 6.60. The highest BCUT2D eigenvalue weighted by molar-refractivity contribution is 5.42. The van der Waals surface area contributed by atoms with Gasteiger partial charge in [0.1, 0.15) is 5.82 Å². The van der Waals surface area contributed by atoms with Crippen molar-refractivity contribution < 1.29 is 0 Å². The van der Waals surface area contributed by atoms with Gasteiger partial charge in [-0.2, -0.15) is 0 Å². The second-order valence-electron chi connectivity index (χ2n) is 4.34. The van der Waals surface area contributed by atoms with E-state index in [1.807, 2.05) is 6.20 Å². The molecule has 0 fully saturated rings. The molecule has 0 aliphatic carbocycles. The summed E-state index contributed by atoms with van der Waals surface area (Å²) < 4.78 is 0. The molecular formula is C15H23N3. The molecule has 1 unspecified atom stereocenters. The predicted molar refractivity (Wildman–Crippen MR) is 77.7 cm³/mol. The van der Waals surface area contributed by atoms with Crippen LogP contribution in [0.15, 0.2) is 18.3 Å². The molecular weight excluding hydrogens is 222 g/mol. The van der Waals surface area contributed by atoms with Gasteiger partial charge in [-0.1, -0.05) is 12.8 Å². The Labute approximate surface area is 111 Å². The van der Waals surface area contributed by atoms with Gasteiger partial charge in [0.2, 0.25) is 0 Å². The maximum Gasteiger partial charge on any atom is 0.129 e. The van der Waals surface area contributed by atoms with E-state index >= 15 is 0 Å². The summed E-state index contributed by atoms with van der Waals surface area (Å²) in [6, 6.07) is 4.52. The van der Waals surface area contributed by atoms with Crippen molar-refractivity contribution in [2.45, 2.75) is 33.2 Å². The Morgan fingerprint density at radius 3 is 2.89 bits per heavy atom. The molecule has 0 aliphatic rings. The van der Waals surface area contributed by atoms with Crippen LogP contribution in [0.4, 0.5) is 5.82 Å². The molecule has 1 aromatic rings. The summed E-state index contributed by atoms with van der Waals surface area (Å²) in [4.78, 5) is 6.49. The number of hydrogen-bond acceptors (Lipinski definition) is 3.